The van der Waals surface area contributed by atoms with E-state index in [0.717, 1.165) is 50.4 Å². The van der Waals surface area contributed by atoms with Gasteiger partial charge in [-0.1, -0.05) is 12.1 Å². The first-order valence-corrected chi connectivity index (χ1v) is 19.8. The molecule has 0 aliphatic carbocycles. The molecular weight excluding hydrogens is 1220 g/mol. The minimum absolute atomic E-state index is 0.214. The van der Waals surface area contributed by atoms with Crippen LogP contribution in [0.1, 0.15) is 33.2 Å². The Bertz CT molecular complexity index is 2480. The monoisotopic (exact) mass is 1240 g/mol. The number of nitro groups is 2. The van der Waals surface area contributed by atoms with Crippen molar-refractivity contribution >= 4 is 98.3 Å². The van der Waals surface area contributed by atoms with E-state index >= 15 is 0 Å². The van der Waals surface area contributed by atoms with Crippen molar-refractivity contribution in [2.45, 2.75) is 36.0 Å². The van der Waals surface area contributed by atoms with E-state index in [2.05, 4.69) is 69.0 Å². The normalized spacial score (nSPS) is 12.4. The maximum absolute atomic E-state index is 14.4. The van der Waals surface area contributed by atoms with Gasteiger partial charge in [0, 0.05) is 48.2 Å². The van der Waals surface area contributed by atoms with E-state index in [1.54, 1.807) is 0 Å². The first-order valence-electron chi connectivity index (χ1n) is 17.4. The van der Waals surface area contributed by atoms with Crippen LogP contribution in [-0.4, -0.2) is 74.8 Å². The van der Waals surface area contributed by atoms with Crippen LogP contribution in [0.25, 0.3) is 0 Å². The Morgan fingerprint density at radius 1 is 0.627 bits per heavy atom. The van der Waals surface area contributed by atoms with E-state index in [0.29, 0.717) is 0 Å². The second kappa shape index (κ2) is 21.6. The van der Waals surface area contributed by atoms with Crippen molar-refractivity contribution in [1.82, 2.24) is 0 Å². The second-order valence-corrected chi connectivity index (χ2v) is 15.9. The topological polar surface area (TPSA) is 154 Å². The van der Waals surface area contributed by atoms with E-state index in [1.807, 2.05) is 0 Å². The Kier molecular flexibility index (Phi) is 18.2. The molecule has 2 amide bonds. The van der Waals surface area contributed by atoms with Gasteiger partial charge in [-0.25, -0.2) is 8.78 Å². The summed E-state index contributed by atoms with van der Waals surface area (Å²) in [6, 6.07) is 7.67. The summed E-state index contributed by atoms with van der Waals surface area (Å²) >= 11 is 11.0. The molecule has 0 aliphatic heterocycles. The first kappa shape index (κ1) is 56.4. The van der Waals surface area contributed by atoms with Gasteiger partial charge in [0.25, 0.3) is 11.8 Å². The van der Waals surface area contributed by atoms with Crippen LogP contribution in [0, 0.1) is 20.2 Å². The highest BCUT2D eigenvalue weighted by Crippen LogP contribution is 2.56. The van der Waals surface area contributed by atoms with Gasteiger partial charge in [-0.05, 0) is 100 Å². The van der Waals surface area contributed by atoms with Crippen LogP contribution in [0.3, 0.4) is 0 Å². The van der Waals surface area contributed by atoms with E-state index in [-0.39, 0.29) is 46.8 Å². The molecule has 4 rings (SSSR count). The molecule has 4 aromatic carbocycles. The first-order chi connectivity index (χ1) is 31.0. The minimum Gasteiger partial charge on any atom is -0.490 e. The zero-order chi connectivity index (χ0) is 52.9. The molecule has 0 atom stereocenters. The number of nitro benzene ring substituents is 2. The molecule has 0 saturated carbocycles. The number of nitrogens with zero attached hydrogens (tertiary/aromatic N) is 3. The van der Waals surface area contributed by atoms with Crippen LogP contribution in [0.2, 0.25) is 0 Å². The largest absolute Gasteiger partial charge is 0.490 e. The molecule has 0 spiro atoms. The third kappa shape index (κ3) is 11.7. The molecule has 0 fully saturated rings. The van der Waals surface area contributed by atoms with Gasteiger partial charge >= 0.3 is 47.4 Å². The number of ether oxygens (including phenoxy) is 2. The van der Waals surface area contributed by atoms with Crippen LogP contribution >= 0.6 is 63.7 Å². The molecule has 1 N–H and O–H groups in total. The summed E-state index contributed by atoms with van der Waals surface area (Å²) in [7, 11) is 2.21. The number of nitrogens with one attached hydrogen (secondary N) is 1. The van der Waals surface area contributed by atoms with Crippen molar-refractivity contribution in [3.8, 4) is 11.5 Å². The van der Waals surface area contributed by atoms with Crippen molar-refractivity contribution < 1.29 is 96.1 Å². The summed E-state index contributed by atoms with van der Waals surface area (Å²) in [4.78, 5) is 46.9. The lowest BCUT2D eigenvalue weighted by Crippen LogP contribution is -2.50. The third-order valence-electron chi connectivity index (χ3n) is 8.56. The molecule has 0 radical (unpaired) electrons. The number of benzene rings is 4. The Morgan fingerprint density at radius 3 is 1.25 bits per heavy atom. The highest BCUT2D eigenvalue weighted by atomic mass is 79.9. The van der Waals surface area contributed by atoms with Crippen LogP contribution in [-0.2, 0) is 11.3 Å². The fraction of sp³-hybridized carbons (Fsp3) is 0.278. The predicted molar refractivity (Wildman–Crippen MR) is 220 cm³/mol. The fourth-order valence-electron chi connectivity index (χ4n) is 5.53. The number of carbonyl (C=O) groups excluding carboxylic acids is 2. The Labute approximate surface area is 400 Å². The number of para-hydroxylation sites is 2. The third-order valence-corrected chi connectivity index (χ3v) is 11.0. The summed E-state index contributed by atoms with van der Waals surface area (Å²) in [5.74, 6) is -2.85. The molecule has 0 bridgehead atoms. The van der Waals surface area contributed by atoms with Crippen molar-refractivity contribution in [3.05, 3.63) is 121 Å². The van der Waals surface area contributed by atoms with E-state index in [9.17, 15) is 95.7 Å². The number of methoxy groups -OCH3 is 2. The smallest absolute Gasteiger partial charge is 0.435 e. The van der Waals surface area contributed by atoms with Crippen LogP contribution in [0.15, 0.2) is 78.6 Å². The molecule has 0 aliphatic rings. The number of hydrogen-bond acceptors (Lipinski definition) is 8. The highest BCUT2D eigenvalue weighted by molar-refractivity contribution is 9.11. The number of hydrogen-bond donors (Lipinski definition) is 1. The number of alkyl halides is 15. The predicted octanol–water partition coefficient (Wildman–Crippen LogP) is 14.0. The molecule has 368 valence electrons. The lowest BCUT2D eigenvalue weighted by molar-refractivity contribution is -0.385. The van der Waals surface area contributed by atoms with E-state index in [4.69, 9.17) is 10.8 Å². The zero-order valence-corrected chi connectivity index (χ0v) is 39.1. The van der Waals surface area contributed by atoms with Gasteiger partial charge in [-0.3, -0.25) is 34.2 Å². The molecule has 12 nitrogen and oxygen atoms in total. The molecule has 0 saturated heterocycles. The van der Waals surface area contributed by atoms with E-state index < -0.39 is 117 Å². The fourth-order valence-corrected chi connectivity index (χ4v) is 8.63. The highest BCUT2D eigenvalue weighted by Gasteiger charge is 2.74. The second-order valence-electron chi connectivity index (χ2n) is 12.5. The quantitative estimate of drug-likeness (QED) is 0.0935. The summed E-state index contributed by atoms with van der Waals surface area (Å²) in [6.45, 7) is 0. The summed E-state index contributed by atoms with van der Waals surface area (Å²) < 4.78 is 209. The molecule has 0 heterocycles. The summed E-state index contributed by atoms with van der Waals surface area (Å²) in [6.07, 6.45) is -25.3. The molecule has 0 unspecified atom stereocenters. The Morgan fingerprint density at radius 2 is 0.940 bits per heavy atom. The molecule has 31 heteroatoms. The molecular formula is C36H23Br4F15N4O8. The van der Waals surface area contributed by atoms with Gasteiger partial charge in [-0.2, -0.15) is 52.7 Å². The summed E-state index contributed by atoms with van der Waals surface area (Å²) in [5.41, 5.74) is -17.4. The maximum atomic E-state index is 14.4. The minimum atomic E-state index is -6.33. The van der Waals surface area contributed by atoms with Crippen molar-refractivity contribution in [2.24, 2.45) is 0 Å². The van der Waals surface area contributed by atoms with Crippen molar-refractivity contribution in [2.75, 3.05) is 38.6 Å². The lowest BCUT2D eigenvalue weighted by atomic mass is 9.94. The molecule has 0 aromatic heterocycles. The van der Waals surface area contributed by atoms with Gasteiger partial charge in [0.2, 0.25) is 11.5 Å². The average Bonchev–Trinajstić information content (AvgIpc) is 3.21. The number of anilines is 2. The lowest BCUT2D eigenvalue weighted by Gasteiger charge is -2.31. The zero-order valence-electron chi connectivity index (χ0n) is 33.8. The van der Waals surface area contributed by atoms with Crippen LogP contribution in [0.5, 0.6) is 11.5 Å². The SMILES string of the molecule is COc1c(C(=O)N(C)c2c(Br)cc(C(F)(C(F)(F)F)C(F)(F)F)cc2Br)cccc1[N+](=O)[O-].COc1c(C(=O)Nc2c(Br)cc(C(F)(C(F)(F)F)C(F)(F)F)cc2Br)cccc1[N+](=O)[O-].[2H]CF. The standard InChI is InChI=1S/C18H11Br2F7N2O4.C17H9Br2F7N2O4.CH3F/c1-28(15(30)9-4-3-5-12(29(31)32)14(9)33-2)13-10(19)6-8(7-11(13)20)16(21,17(22,23)24)18(25,26)27;1-32-13-8(3-2-4-11(13)28(30)31)14(29)27-12-9(18)5-7(6-10(12)19)15(20,16(21,22)23)17(24,25)26;1-2/h3-7H,1-2H3;2-6H,1H3,(H,27,29);1H3/i;;1D. The number of amides is 2. The molecule has 4 aromatic rings. The Hall–Kier alpha value is -4.91. The van der Waals surface area contributed by atoms with Gasteiger partial charge in [0.15, 0.2) is 0 Å². The number of halogens is 19. The Balaban J connectivity index is 0.000000441. The summed E-state index contributed by atoms with van der Waals surface area (Å²) in [5, 5.41) is 24.4. The van der Waals surface area contributed by atoms with E-state index in [1.165, 1.54) is 12.1 Å². The number of rotatable bonds is 10. The maximum Gasteiger partial charge on any atom is 0.435 e. The van der Waals surface area contributed by atoms with Gasteiger partial charge in [-0.15, -0.1) is 0 Å². The van der Waals surface area contributed by atoms with Crippen LogP contribution < -0.4 is 19.7 Å². The van der Waals surface area contributed by atoms with Gasteiger partial charge in [0.05, 0.1) is 55.1 Å². The van der Waals surface area contributed by atoms with Gasteiger partial charge < -0.3 is 19.7 Å². The van der Waals surface area contributed by atoms with Crippen LogP contribution in [0.4, 0.5) is 88.6 Å². The molecule has 67 heavy (non-hydrogen) atoms. The number of carbonyl (C=O) groups is 2. The van der Waals surface area contributed by atoms with Gasteiger partial charge in [0.1, 0.15) is 0 Å². The average molecular weight is 1250 g/mol. The van der Waals surface area contributed by atoms with Crippen molar-refractivity contribution in [3.63, 3.8) is 0 Å². The van der Waals surface area contributed by atoms with Crippen molar-refractivity contribution in [1.29, 1.82) is 0 Å².